The SMILES string of the molecule is CCOc1ccc(S(=O)(=O)Nc2ccc(Cl)nn2)cc1C. The first-order valence-electron chi connectivity index (χ1n) is 6.18. The number of aromatic nitrogens is 2. The molecule has 112 valence electrons. The third kappa shape index (κ3) is 3.83. The molecule has 1 aromatic carbocycles. The molecule has 1 heterocycles. The summed E-state index contributed by atoms with van der Waals surface area (Å²) in [5.74, 6) is 0.758. The first kappa shape index (κ1) is 15.5. The Hall–Kier alpha value is -1.86. The third-order valence-corrected chi connectivity index (χ3v) is 4.18. The Labute approximate surface area is 128 Å². The average Bonchev–Trinajstić information content (AvgIpc) is 2.43. The molecule has 21 heavy (non-hydrogen) atoms. The zero-order valence-corrected chi connectivity index (χ0v) is 13.1. The van der Waals surface area contributed by atoms with Crippen LogP contribution in [0, 0.1) is 6.92 Å². The van der Waals surface area contributed by atoms with E-state index in [-0.39, 0.29) is 15.9 Å². The van der Waals surface area contributed by atoms with E-state index in [0.29, 0.717) is 12.4 Å². The van der Waals surface area contributed by atoms with Crippen molar-refractivity contribution >= 4 is 27.4 Å². The van der Waals surface area contributed by atoms with Gasteiger partial charge in [-0.05, 0) is 49.7 Å². The minimum absolute atomic E-state index is 0.103. The fraction of sp³-hybridized carbons (Fsp3) is 0.231. The molecular formula is C13H14ClN3O3S. The maximum atomic E-state index is 12.3. The molecule has 0 atom stereocenters. The predicted octanol–water partition coefficient (Wildman–Crippen LogP) is 2.64. The van der Waals surface area contributed by atoms with E-state index in [4.69, 9.17) is 16.3 Å². The summed E-state index contributed by atoms with van der Waals surface area (Å²) in [5, 5.41) is 7.43. The summed E-state index contributed by atoms with van der Waals surface area (Å²) in [7, 11) is -3.73. The molecule has 0 saturated carbocycles. The number of halogens is 1. The molecule has 0 amide bonds. The van der Waals surface area contributed by atoms with Crippen molar-refractivity contribution in [3.8, 4) is 5.75 Å². The van der Waals surface area contributed by atoms with Gasteiger partial charge < -0.3 is 4.74 Å². The Bertz CT molecular complexity index is 733. The van der Waals surface area contributed by atoms with E-state index < -0.39 is 10.0 Å². The highest BCUT2D eigenvalue weighted by Crippen LogP contribution is 2.23. The lowest BCUT2D eigenvalue weighted by Crippen LogP contribution is -2.14. The topological polar surface area (TPSA) is 81.2 Å². The van der Waals surface area contributed by atoms with E-state index in [0.717, 1.165) is 5.56 Å². The average molecular weight is 328 g/mol. The quantitative estimate of drug-likeness (QED) is 0.913. The van der Waals surface area contributed by atoms with E-state index in [2.05, 4.69) is 14.9 Å². The summed E-state index contributed by atoms with van der Waals surface area (Å²) < 4.78 is 32.2. The van der Waals surface area contributed by atoms with Crippen LogP contribution in [0.1, 0.15) is 12.5 Å². The standard InChI is InChI=1S/C13H14ClN3O3S/c1-3-20-11-5-4-10(8-9(11)2)21(18,19)17-13-7-6-12(14)15-16-13/h4-8H,3H2,1-2H3,(H,16,17). The molecule has 0 saturated heterocycles. The summed E-state index contributed by atoms with van der Waals surface area (Å²) in [6.07, 6.45) is 0. The Morgan fingerprint density at radius 1 is 1.24 bits per heavy atom. The summed E-state index contributed by atoms with van der Waals surface area (Å²) in [4.78, 5) is 0.125. The molecule has 1 aromatic heterocycles. The van der Waals surface area contributed by atoms with E-state index >= 15 is 0 Å². The van der Waals surface area contributed by atoms with Crippen molar-refractivity contribution in [3.63, 3.8) is 0 Å². The van der Waals surface area contributed by atoms with Crippen molar-refractivity contribution in [2.75, 3.05) is 11.3 Å². The normalized spacial score (nSPS) is 11.2. The van der Waals surface area contributed by atoms with Crippen LogP contribution in [0.4, 0.5) is 5.82 Å². The van der Waals surface area contributed by atoms with Gasteiger partial charge in [-0.3, -0.25) is 4.72 Å². The molecule has 0 aliphatic rings. The number of benzene rings is 1. The van der Waals surface area contributed by atoms with Gasteiger partial charge in [0.25, 0.3) is 10.0 Å². The first-order valence-corrected chi connectivity index (χ1v) is 8.04. The number of nitrogens with one attached hydrogen (secondary N) is 1. The molecule has 0 bridgehead atoms. The highest BCUT2D eigenvalue weighted by Gasteiger charge is 2.16. The predicted molar refractivity (Wildman–Crippen MR) is 80.2 cm³/mol. The molecule has 0 aliphatic carbocycles. The van der Waals surface area contributed by atoms with E-state index in [1.54, 1.807) is 13.0 Å². The number of rotatable bonds is 5. The van der Waals surface area contributed by atoms with Crippen LogP contribution >= 0.6 is 11.6 Å². The molecule has 8 heteroatoms. The molecule has 0 fully saturated rings. The number of nitrogens with zero attached hydrogens (tertiary/aromatic N) is 2. The van der Waals surface area contributed by atoms with Gasteiger partial charge in [0, 0.05) is 0 Å². The molecule has 0 spiro atoms. The monoisotopic (exact) mass is 327 g/mol. The van der Waals surface area contributed by atoms with Gasteiger partial charge in [-0.25, -0.2) is 8.42 Å². The second-order valence-corrected chi connectivity index (χ2v) is 6.28. The molecule has 0 aliphatic heterocycles. The van der Waals surface area contributed by atoms with Gasteiger partial charge >= 0.3 is 0 Å². The lowest BCUT2D eigenvalue weighted by molar-refractivity contribution is 0.337. The number of aryl methyl sites for hydroxylation is 1. The molecule has 2 rings (SSSR count). The zero-order chi connectivity index (χ0) is 15.5. The highest BCUT2D eigenvalue weighted by atomic mass is 35.5. The van der Waals surface area contributed by atoms with Crippen LogP contribution in [0.15, 0.2) is 35.2 Å². The van der Waals surface area contributed by atoms with Crippen molar-refractivity contribution in [1.82, 2.24) is 10.2 Å². The minimum atomic E-state index is -3.73. The first-order chi connectivity index (χ1) is 9.92. The van der Waals surface area contributed by atoms with Gasteiger partial charge in [0.05, 0.1) is 11.5 Å². The van der Waals surface area contributed by atoms with Crippen LogP contribution in [0.25, 0.3) is 0 Å². The number of anilines is 1. The molecule has 0 unspecified atom stereocenters. The van der Waals surface area contributed by atoms with E-state index in [1.165, 1.54) is 24.3 Å². The van der Waals surface area contributed by atoms with Crippen molar-refractivity contribution in [2.45, 2.75) is 18.7 Å². The maximum Gasteiger partial charge on any atom is 0.263 e. The number of hydrogen-bond acceptors (Lipinski definition) is 5. The summed E-state index contributed by atoms with van der Waals surface area (Å²) in [6.45, 7) is 4.17. The third-order valence-electron chi connectivity index (χ3n) is 2.63. The maximum absolute atomic E-state index is 12.3. The fourth-order valence-corrected chi connectivity index (χ4v) is 2.86. The van der Waals surface area contributed by atoms with Crippen molar-refractivity contribution < 1.29 is 13.2 Å². The van der Waals surface area contributed by atoms with Crippen LogP contribution in [-0.4, -0.2) is 25.2 Å². The summed E-state index contributed by atoms with van der Waals surface area (Å²) in [6, 6.07) is 7.53. The van der Waals surface area contributed by atoms with Crippen LogP contribution in [0.3, 0.4) is 0 Å². The molecular weight excluding hydrogens is 314 g/mol. The van der Waals surface area contributed by atoms with Crippen molar-refractivity contribution in [1.29, 1.82) is 0 Å². The smallest absolute Gasteiger partial charge is 0.263 e. The Balaban J connectivity index is 2.27. The lowest BCUT2D eigenvalue weighted by Gasteiger charge is -2.10. The Kier molecular flexibility index (Phi) is 4.64. The fourth-order valence-electron chi connectivity index (χ4n) is 1.67. The van der Waals surface area contributed by atoms with Crippen LogP contribution in [0.2, 0.25) is 5.15 Å². The summed E-state index contributed by atoms with van der Waals surface area (Å²) in [5.41, 5.74) is 0.738. The van der Waals surface area contributed by atoms with Crippen LogP contribution in [0.5, 0.6) is 5.75 Å². The lowest BCUT2D eigenvalue weighted by atomic mass is 10.2. The minimum Gasteiger partial charge on any atom is -0.494 e. The van der Waals surface area contributed by atoms with Gasteiger partial charge in [-0.15, -0.1) is 10.2 Å². The number of ether oxygens (including phenoxy) is 1. The van der Waals surface area contributed by atoms with Gasteiger partial charge in [0.1, 0.15) is 5.75 Å². The Morgan fingerprint density at radius 2 is 2.00 bits per heavy atom. The molecule has 0 radical (unpaired) electrons. The summed E-state index contributed by atoms with van der Waals surface area (Å²) >= 11 is 5.60. The number of hydrogen-bond donors (Lipinski definition) is 1. The second kappa shape index (κ2) is 6.28. The highest BCUT2D eigenvalue weighted by molar-refractivity contribution is 7.92. The molecule has 6 nitrogen and oxygen atoms in total. The Morgan fingerprint density at radius 3 is 2.57 bits per heavy atom. The largest absolute Gasteiger partial charge is 0.494 e. The zero-order valence-electron chi connectivity index (χ0n) is 11.5. The van der Waals surface area contributed by atoms with Gasteiger partial charge in [0.15, 0.2) is 11.0 Å². The molecule has 2 aromatic rings. The van der Waals surface area contributed by atoms with E-state index in [1.807, 2.05) is 6.92 Å². The number of sulfonamides is 1. The van der Waals surface area contributed by atoms with Crippen molar-refractivity contribution in [3.05, 3.63) is 41.0 Å². The van der Waals surface area contributed by atoms with Crippen LogP contribution < -0.4 is 9.46 Å². The van der Waals surface area contributed by atoms with E-state index in [9.17, 15) is 8.42 Å². The second-order valence-electron chi connectivity index (χ2n) is 4.21. The van der Waals surface area contributed by atoms with Crippen molar-refractivity contribution in [2.24, 2.45) is 0 Å². The van der Waals surface area contributed by atoms with Crippen LogP contribution in [-0.2, 0) is 10.0 Å². The molecule has 1 N–H and O–H groups in total. The van der Waals surface area contributed by atoms with Gasteiger partial charge in [-0.2, -0.15) is 0 Å². The van der Waals surface area contributed by atoms with Gasteiger partial charge in [-0.1, -0.05) is 11.6 Å². The van der Waals surface area contributed by atoms with Gasteiger partial charge in [0.2, 0.25) is 0 Å².